The summed E-state index contributed by atoms with van der Waals surface area (Å²) in [6, 6.07) is 3.33. The van der Waals surface area contributed by atoms with Crippen molar-refractivity contribution in [3.05, 3.63) is 23.8 Å². The Bertz CT molecular complexity index is 496. The molecule has 0 fully saturated rings. The first kappa shape index (κ1) is 11.8. The molecule has 0 amide bonds. The summed E-state index contributed by atoms with van der Waals surface area (Å²) >= 11 is 3.27. The van der Waals surface area contributed by atoms with Crippen LogP contribution in [0.2, 0.25) is 0 Å². The molecule has 82 valence electrons. The van der Waals surface area contributed by atoms with Crippen LogP contribution in [0, 0.1) is 0 Å². The number of nitrogens with two attached hydrogens (primary N) is 1. The molecule has 6 nitrogen and oxygen atoms in total. The SMILES string of the molecule is Nc1ccc(C(=O)OS)cc1S(=O)(=O)O. The Morgan fingerprint density at radius 1 is 1.47 bits per heavy atom. The lowest BCUT2D eigenvalue weighted by Crippen LogP contribution is -2.06. The Morgan fingerprint density at radius 2 is 2.07 bits per heavy atom. The molecule has 0 aliphatic carbocycles. The van der Waals surface area contributed by atoms with E-state index in [1.165, 1.54) is 12.1 Å². The van der Waals surface area contributed by atoms with Gasteiger partial charge < -0.3 is 9.92 Å². The Balaban J connectivity index is 3.36. The maximum atomic E-state index is 11.0. The molecule has 0 unspecified atom stereocenters. The van der Waals surface area contributed by atoms with E-state index in [1.54, 1.807) is 0 Å². The van der Waals surface area contributed by atoms with Gasteiger partial charge in [0.15, 0.2) is 0 Å². The predicted octanol–water partition coefficient (Wildman–Crippen LogP) is 0.517. The molecule has 0 aliphatic rings. The highest BCUT2D eigenvalue weighted by Gasteiger charge is 2.17. The number of thiol groups is 1. The van der Waals surface area contributed by atoms with Gasteiger partial charge in [-0.3, -0.25) is 4.55 Å². The monoisotopic (exact) mass is 249 g/mol. The lowest BCUT2D eigenvalue weighted by Gasteiger charge is -2.04. The third-order valence-corrected chi connectivity index (χ3v) is 2.69. The third-order valence-electron chi connectivity index (χ3n) is 1.61. The number of nitrogen functional groups attached to an aromatic ring is 1. The van der Waals surface area contributed by atoms with Crippen LogP contribution in [-0.4, -0.2) is 18.9 Å². The molecule has 0 heterocycles. The first-order valence-electron chi connectivity index (χ1n) is 3.59. The Hall–Kier alpha value is -1.25. The van der Waals surface area contributed by atoms with Gasteiger partial charge in [-0.25, -0.2) is 4.79 Å². The maximum Gasteiger partial charge on any atom is 0.349 e. The van der Waals surface area contributed by atoms with E-state index >= 15 is 0 Å². The van der Waals surface area contributed by atoms with E-state index in [-0.39, 0.29) is 11.3 Å². The van der Waals surface area contributed by atoms with Crippen molar-refractivity contribution in [3.63, 3.8) is 0 Å². The molecule has 15 heavy (non-hydrogen) atoms. The zero-order valence-electron chi connectivity index (χ0n) is 7.25. The summed E-state index contributed by atoms with van der Waals surface area (Å²) in [6.45, 7) is 0. The summed E-state index contributed by atoms with van der Waals surface area (Å²) < 4.78 is 34.5. The van der Waals surface area contributed by atoms with E-state index in [4.69, 9.17) is 10.3 Å². The van der Waals surface area contributed by atoms with Crippen molar-refractivity contribution in [1.82, 2.24) is 0 Å². The maximum absolute atomic E-state index is 11.0. The predicted molar refractivity (Wildman–Crippen MR) is 55.1 cm³/mol. The van der Waals surface area contributed by atoms with Gasteiger partial charge in [0.2, 0.25) is 0 Å². The van der Waals surface area contributed by atoms with Crippen LogP contribution in [0.4, 0.5) is 5.69 Å². The highest BCUT2D eigenvalue weighted by molar-refractivity contribution is 7.86. The van der Waals surface area contributed by atoms with E-state index in [0.717, 1.165) is 6.07 Å². The Kier molecular flexibility index (Phi) is 3.22. The normalized spacial score (nSPS) is 11.1. The summed E-state index contributed by atoms with van der Waals surface area (Å²) in [4.78, 5) is 10.4. The highest BCUT2D eigenvalue weighted by Crippen LogP contribution is 2.20. The topological polar surface area (TPSA) is 107 Å². The fraction of sp³-hybridized carbons (Fsp3) is 0. The second kappa shape index (κ2) is 4.09. The van der Waals surface area contributed by atoms with Crippen LogP contribution in [0.1, 0.15) is 10.4 Å². The van der Waals surface area contributed by atoms with Gasteiger partial charge >= 0.3 is 5.97 Å². The van der Waals surface area contributed by atoms with Gasteiger partial charge in [-0.15, -0.1) is 0 Å². The average Bonchev–Trinajstić information content (AvgIpc) is 2.15. The van der Waals surface area contributed by atoms with Gasteiger partial charge in [-0.05, 0) is 18.2 Å². The van der Waals surface area contributed by atoms with Crippen molar-refractivity contribution in [3.8, 4) is 0 Å². The molecule has 0 spiro atoms. The minimum Gasteiger partial charge on any atom is -0.398 e. The summed E-state index contributed by atoms with van der Waals surface area (Å²) in [5.41, 5.74) is 5.07. The average molecular weight is 249 g/mol. The molecule has 1 aromatic rings. The minimum absolute atomic E-state index is 0.0770. The van der Waals surface area contributed by atoms with E-state index in [1.807, 2.05) is 0 Å². The number of anilines is 1. The molecule has 1 aromatic carbocycles. The molecule has 8 heteroatoms. The summed E-state index contributed by atoms with van der Waals surface area (Å²) in [6.07, 6.45) is 0. The van der Waals surface area contributed by atoms with Gasteiger partial charge in [0.1, 0.15) is 4.90 Å². The molecular weight excluding hydrogens is 242 g/mol. The van der Waals surface area contributed by atoms with Crippen LogP contribution >= 0.6 is 12.9 Å². The molecule has 0 atom stereocenters. The standard InChI is InChI=1S/C7H7NO5S2/c8-5-2-1-4(7(9)13-14)3-6(5)15(10,11)12/h1-3,14H,8H2,(H,10,11,12). The van der Waals surface area contributed by atoms with E-state index in [0.29, 0.717) is 0 Å². The molecule has 0 radical (unpaired) electrons. The van der Waals surface area contributed by atoms with Crippen molar-refractivity contribution in [2.24, 2.45) is 0 Å². The zero-order valence-corrected chi connectivity index (χ0v) is 8.96. The second-order valence-electron chi connectivity index (χ2n) is 2.61. The molecule has 0 bridgehead atoms. The Labute approximate surface area is 91.4 Å². The van der Waals surface area contributed by atoms with E-state index in [9.17, 15) is 13.2 Å². The Morgan fingerprint density at radius 3 is 2.53 bits per heavy atom. The fourth-order valence-electron chi connectivity index (χ4n) is 0.937. The number of carbonyl (C=O) groups is 1. The van der Waals surface area contributed by atoms with Crippen molar-refractivity contribution in [1.29, 1.82) is 0 Å². The smallest absolute Gasteiger partial charge is 0.349 e. The first-order chi connectivity index (χ1) is 6.86. The van der Waals surface area contributed by atoms with E-state index in [2.05, 4.69) is 17.1 Å². The van der Waals surface area contributed by atoms with Gasteiger partial charge in [0, 0.05) is 12.9 Å². The van der Waals surface area contributed by atoms with Gasteiger partial charge in [-0.1, -0.05) is 0 Å². The van der Waals surface area contributed by atoms with Gasteiger partial charge in [0.25, 0.3) is 10.1 Å². The van der Waals surface area contributed by atoms with Crippen molar-refractivity contribution in [2.75, 3.05) is 5.73 Å². The molecular formula is C7H7NO5S2. The minimum atomic E-state index is -4.46. The van der Waals surface area contributed by atoms with Crippen LogP contribution in [0.15, 0.2) is 23.1 Å². The van der Waals surface area contributed by atoms with Crippen LogP contribution in [0.5, 0.6) is 0 Å². The number of hydrogen-bond acceptors (Lipinski definition) is 6. The number of benzene rings is 1. The largest absolute Gasteiger partial charge is 0.398 e. The first-order valence-corrected chi connectivity index (χ1v) is 5.39. The van der Waals surface area contributed by atoms with Crippen LogP contribution in [-0.2, 0) is 14.3 Å². The van der Waals surface area contributed by atoms with Crippen LogP contribution < -0.4 is 5.73 Å². The summed E-state index contributed by atoms with van der Waals surface area (Å²) in [5.74, 6) is -0.844. The summed E-state index contributed by atoms with van der Waals surface area (Å²) in [7, 11) is -4.46. The van der Waals surface area contributed by atoms with E-state index < -0.39 is 21.0 Å². The molecule has 0 aromatic heterocycles. The van der Waals surface area contributed by atoms with Crippen molar-refractivity contribution >= 4 is 34.7 Å². The zero-order chi connectivity index (χ0) is 11.6. The molecule has 3 N–H and O–H groups in total. The highest BCUT2D eigenvalue weighted by atomic mass is 32.2. The van der Waals surface area contributed by atoms with Crippen molar-refractivity contribution in [2.45, 2.75) is 4.90 Å². The molecule has 0 saturated heterocycles. The summed E-state index contributed by atoms with van der Waals surface area (Å²) in [5, 5.41) is 0. The lowest BCUT2D eigenvalue weighted by atomic mass is 10.2. The number of carbonyl (C=O) groups excluding carboxylic acids is 1. The quantitative estimate of drug-likeness (QED) is 0.305. The van der Waals surface area contributed by atoms with Gasteiger partial charge in [0.05, 0.1) is 11.3 Å². The lowest BCUT2D eigenvalue weighted by molar-refractivity contribution is 0.0772. The second-order valence-corrected chi connectivity index (χ2v) is 4.18. The van der Waals surface area contributed by atoms with Gasteiger partial charge in [-0.2, -0.15) is 8.42 Å². The fourth-order valence-corrected chi connectivity index (χ4v) is 1.68. The third kappa shape index (κ3) is 2.61. The number of hydrogen-bond donors (Lipinski definition) is 3. The van der Waals surface area contributed by atoms with Crippen LogP contribution in [0.25, 0.3) is 0 Å². The van der Waals surface area contributed by atoms with Crippen molar-refractivity contribution < 1.29 is 21.9 Å². The molecule has 0 aliphatic heterocycles. The molecule has 1 rings (SSSR count). The molecule has 0 saturated carbocycles. The van der Waals surface area contributed by atoms with Crippen LogP contribution in [0.3, 0.4) is 0 Å². The number of rotatable bonds is 2.